The smallest absolute Gasteiger partial charge is 0.235 e. The molecular weight excluding hydrogens is 348 g/mol. The molecule has 0 aliphatic heterocycles. The van der Waals surface area contributed by atoms with Gasteiger partial charge in [-0.1, -0.05) is 84.9 Å². The van der Waals surface area contributed by atoms with Gasteiger partial charge in [-0.2, -0.15) is 0 Å². The van der Waals surface area contributed by atoms with Crippen molar-refractivity contribution >= 4 is 17.0 Å². The second kappa shape index (κ2) is 7.97. The maximum Gasteiger partial charge on any atom is 0.235 e. The first-order valence-corrected chi connectivity index (χ1v) is 9.22. The topological polar surface area (TPSA) is 39.4 Å². The normalized spacial score (nSPS) is 11.2. The van der Waals surface area contributed by atoms with Gasteiger partial charge in [0.25, 0.3) is 0 Å². The van der Waals surface area contributed by atoms with Crippen LogP contribution in [0.5, 0.6) is 5.75 Å². The molecule has 0 amide bonds. The molecule has 4 aromatic rings. The van der Waals surface area contributed by atoms with E-state index in [1.165, 1.54) is 0 Å². The summed E-state index contributed by atoms with van der Waals surface area (Å²) < 4.78 is 12.2. The van der Waals surface area contributed by atoms with E-state index < -0.39 is 0 Å². The number of rotatable bonds is 5. The minimum atomic E-state index is -0.164. The lowest BCUT2D eigenvalue weighted by molar-refractivity contribution is 0.298. The van der Waals surface area contributed by atoms with Crippen LogP contribution >= 0.6 is 0 Å². The van der Waals surface area contributed by atoms with Crippen molar-refractivity contribution in [1.29, 1.82) is 0 Å². The van der Waals surface area contributed by atoms with Gasteiger partial charge in [0.1, 0.15) is 12.2 Å². The van der Waals surface area contributed by atoms with Crippen molar-refractivity contribution in [2.75, 3.05) is 0 Å². The van der Waals surface area contributed by atoms with E-state index >= 15 is 0 Å². The fraction of sp³-hybridized carbons (Fsp3) is 0.0800. The molecule has 0 radical (unpaired) electrons. The number of ether oxygens (including phenoxy) is 1. The Bertz CT molecular complexity index is 1170. The summed E-state index contributed by atoms with van der Waals surface area (Å²) in [6.45, 7) is 2.23. The van der Waals surface area contributed by atoms with Crippen molar-refractivity contribution < 1.29 is 9.15 Å². The second-order valence-corrected chi connectivity index (χ2v) is 6.45. The van der Waals surface area contributed by atoms with Gasteiger partial charge in [-0.25, -0.2) is 0 Å². The zero-order valence-electron chi connectivity index (χ0n) is 15.6. The quantitative estimate of drug-likeness (QED) is 0.429. The van der Waals surface area contributed by atoms with Crippen LogP contribution in [0.2, 0.25) is 0 Å². The minimum Gasteiger partial charge on any atom is -0.481 e. The van der Waals surface area contributed by atoms with E-state index in [2.05, 4.69) is 0 Å². The predicted molar refractivity (Wildman–Crippen MR) is 113 cm³/mol. The predicted octanol–water partition coefficient (Wildman–Crippen LogP) is 6.07. The van der Waals surface area contributed by atoms with Crippen LogP contribution in [0.25, 0.3) is 28.4 Å². The molecule has 0 saturated carbocycles. The van der Waals surface area contributed by atoms with E-state index in [0.29, 0.717) is 23.3 Å². The number of benzene rings is 3. The van der Waals surface area contributed by atoms with Gasteiger partial charge in [0.15, 0.2) is 5.76 Å². The van der Waals surface area contributed by atoms with Gasteiger partial charge in [0, 0.05) is 11.1 Å². The molecule has 0 atom stereocenters. The highest BCUT2D eigenvalue weighted by Crippen LogP contribution is 2.32. The standard InChI is InChI=1S/C25H20O3/c1-2-10-19-15-9-16-21-22(26)25(27-17-18-11-5-3-6-12-18)24(28-23(19)21)20-13-7-4-8-14-20/h2-16H,17H2,1H3/b10-2-. The zero-order chi connectivity index (χ0) is 19.3. The third-order valence-corrected chi connectivity index (χ3v) is 4.51. The number of fused-ring (bicyclic) bond motifs is 1. The van der Waals surface area contributed by atoms with Crippen LogP contribution in [-0.2, 0) is 6.61 Å². The van der Waals surface area contributed by atoms with Crippen molar-refractivity contribution in [2.45, 2.75) is 13.5 Å². The summed E-state index contributed by atoms with van der Waals surface area (Å²) in [4.78, 5) is 13.3. The SMILES string of the molecule is C/C=C\c1cccc2c(=O)c(OCc3ccccc3)c(-c3ccccc3)oc12. The molecule has 0 spiro atoms. The van der Waals surface area contributed by atoms with Crippen LogP contribution in [-0.4, -0.2) is 0 Å². The van der Waals surface area contributed by atoms with Crippen LogP contribution in [0.3, 0.4) is 0 Å². The maximum atomic E-state index is 13.3. The van der Waals surface area contributed by atoms with Crippen molar-refractivity contribution in [2.24, 2.45) is 0 Å². The Morgan fingerprint density at radius 1 is 0.893 bits per heavy atom. The molecule has 0 unspecified atom stereocenters. The van der Waals surface area contributed by atoms with Crippen molar-refractivity contribution in [3.8, 4) is 17.1 Å². The summed E-state index contributed by atoms with van der Waals surface area (Å²) in [6.07, 6.45) is 3.86. The largest absolute Gasteiger partial charge is 0.481 e. The lowest BCUT2D eigenvalue weighted by Gasteiger charge is -2.13. The van der Waals surface area contributed by atoms with Crippen LogP contribution in [0.1, 0.15) is 18.1 Å². The fourth-order valence-electron chi connectivity index (χ4n) is 3.17. The van der Waals surface area contributed by atoms with Crippen LogP contribution in [0.15, 0.2) is 94.2 Å². The highest BCUT2D eigenvalue weighted by Gasteiger charge is 2.19. The van der Waals surface area contributed by atoms with Crippen molar-refractivity contribution in [1.82, 2.24) is 0 Å². The molecule has 28 heavy (non-hydrogen) atoms. The van der Waals surface area contributed by atoms with Crippen LogP contribution in [0, 0.1) is 0 Å². The molecule has 0 saturated heterocycles. The van der Waals surface area contributed by atoms with E-state index in [9.17, 15) is 4.79 Å². The van der Waals surface area contributed by atoms with Gasteiger partial charge in [0.2, 0.25) is 11.2 Å². The molecule has 0 fully saturated rings. The van der Waals surface area contributed by atoms with E-state index in [-0.39, 0.29) is 11.2 Å². The van der Waals surface area contributed by atoms with E-state index in [1.807, 2.05) is 91.9 Å². The molecule has 0 bridgehead atoms. The summed E-state index contributed by atoms with van der Waals surface area (Å²) in [6, 6.07) is 24.9. The van der Waals surface area contributed by atoms with E-state index in [4.69, 9.17) is 9.15 Å². The first-order chi connectivity index (χ1) is 13.8. The first kappa shape index (κ1) is 17.8. The molecule has 3 heteroatoms. The minimum absolute atomic E-state index is 0.164. The van der Waals surface area contributed by atoms with Gasteiger partial charge in [-0.05, 0) is 18.6 Å². The molecule has 1 aromatic heterocycles. The average Bonchev–Trinajstić information content (AvgIpc) is 2.75. The zero-order valence-corrected chi connectivity index (χ0v) is 15.6. The Morgan fingerprint density at radius 3 is 2.32 bits per heavy atom. The summed E-state index contributed by atoms with van der Waals surface area (Å²) >= 11 is 0. The summed E-state index contributed by atoms with van der Waals surface area (Å²) in [5, 5.41) is 0.512. The second-order valence-electron chi connectivity index (χ2n) is 6.45. The van der Waals surface area contributed by atoms with Gasteiger partial charge in [-0.15, -0.1) is 0 Å². The molecular formula is C25H20O3. The molecule has 0 aliphatic rings. The van der Waals surface area contributed by atoms with E-state index in [0.717, 1.165) is 16.7 Å². The Balaban J connectivity index is 1.91. The Kier molecular flexibility index (Phi) is 5.07. The molecule has 4 rings (SSSR count). The lowest BCUT2D eigenvalue weighted by atomic mass is 10.1. The van der Waals surface area contributed by atoms with Crippen molar-refractivity contribution in [3.05, 3.63) is 106 Å². The maximum absolute atomic E-state index is 13.3. The monoisotopic (exact) mass is 368 g/mol. The summed E-state index contributed by atoms with van der Waals surface area (Å²) in [7, 11) is 0. The molecule has 3 nitrogen and oxygen atoms in total. The number of hydrogen-bond acceptors (Lipinski definition) is 3. The van der Waals surface area contributed by atoms with E-state index in [1.54, 1.807) is 6.07 Å². The average molecular weight is 368 g/mol. The van der Waals surface area contributed by atoms with Gasteiger partial charge >= 0.3 is 0 Å². The van der Waals surface area contributed by atoms with Gasteiger partial charge in [-0.3, -0.25) is 4.79 Å². The van der Waals surface area contributed by atoms with Crippen molar-refractivity contribution in [3.63, 3.8) is 0 Å². The third-order valence-electron chi connectivity index (χ3n) is 4.51. The number of para-hydroxylation sites is 1. The molecule has 0 aliphatic carbocycles. The molecule has 1 heterocycles. The summed E-state index contributed by atoms with van der Waals surface area (Å²) in [5.74, 6) is 0.686. The van der Waals surface area contributed by atoms with Crippen LogP contribution in [0.4, 0.5) is 0 Å². The van der Waals surface area contributed by atoms with Gasteiger partial charge < -0.3 is 9.15 Å². The highest BCUT2D eigenvalue weighted by atomic mass is 16.5. The number of hydrogen-bond donors (Lipinski definition) is 0. The molecule has 138 valence electrons. The lowest BCUT2D eigenvalue weighted by Crippen LogP contribution is -2.10. The van der Waals surface area contributed by atoms with Crippen LogP contribution < -0.4 is 10.2 Å². The Morgan fingerprint density at radius 2 is 1.61 bits per heavy atom. The summed E-state index contributed by atoms with van der Waals surface area (Å²) in [5.41, 5.74) is 3.06. The molecule has 0 N–H and O–H groups in total. The van der Waals surface area contributed by atoms with Gasteiger partial charge in [0.05, 0.1) is 5.39 Å². The Hall–Kier alpha value is -3.59. The third kappa shape index (κ3) is 3.47. The fourth-order valence-corrected chi connectivity index (χ4v) is 3.17. The Labute approximate surface area is 163 Å². The first-order valence-electron chi connectivity index (χ1n) is 9.22. The highest BCUT2D eigenvalue weighted by molar-refractivity contribution is 5.88. The molecule has 3 aromatic carbocycles. The number of allylic oxidation sites excluding steroid dienone is 1.